The van der Waals surface area contributed by atoms with Gasteiger partial charge in [0.15, 0.2) is 0 Å². The quantitative estimate of drug-likeness (QED) is 0.484. The predicted molar refractivity (Wildman–Crippen MR) is 87.6 cm³/mol. The number of carbonyl (C=O) groups is 2. The van der Waals surface area contributed by atoms with E-state index in [2.05, 4.69) is 11.9 Å². The number of rotatable bonds is 11. The molecule has 0 aliphatic rings. The van der Waals surface area contributed by atoms with Gasteiger partial charge in [-0.25, -0.2) is 9.18 Å². The molecule has 4 nitrogen and oxygen atoms in total. The van der Waals surface area contributed by atoms with Crippen LogP contribution in [0.2, 0.25) is 0 Å². The van der Waals surface area contributed by atoms with Crippen molar-refractivity contribution in [3.8, 4) is 0 Å². The fraction of sp³-hybridized carbons (Fsp3) is 0.444. The molecule has 2 N–H and O–H groups in total. The lowest BCUT2D eigenvalue weighted by atomic mass is 10.1. The molecule has 0 unspecified atom stereocenters. The van der Waals surface area contributed by atoms with E-state index in [9.17, 15) is 19.1 Å². The van der Waals surface area contributed by atoms with Crippen LogP contribution in [0, 0.1) is 5.82 Å². The maximum Gasteiger partial charge on any atom is 0.326 e. The third-order valence-electron chi connectivity index (χ3n) is 3.54. The molecule has 23 heavy (non-hydrogen) atoms. The second-order valence-corrected chi connectivity index (χ2v) is 5.55. The average molecular weight is 321 g/mol. The van der Waals surface area contributed by atoms with Crippen molar-refractivity contribution < 1.29 is 19.1 Å². The second-order valence-electron chi connectivity index (χ2n) is 5.55. The summed E-state index contributed by atoms with van der Waals surface area (Å²) in [6.07, 6.45) is 6.95. The van der Waals surface area contributed by atoms with Crippen molar-refractivity contribution in [3.05, 3.63) is 48.3 Å². The normalized spacial score (nSPS) is 11.7. The highest BCUT2D eigenvalue weighted by molar-refractivity contribution is 5.84. The first-order valence-corrected chi connectivity index (χ1v) is 7.90. The third kappa shape index (κ3) is 8.14. The minimum Gasteiger partial charge on any atom is -0.480 e. The van der Waals surface area contributed by atoms with Crippen LogP contribution in [0.5, 0.6) is 0 Å². The van der Waals surface area contributed by atoms with Gasteiger partial charge in [0.25, 0.3) is 0 Å². The van der Waals surface area contributed by atoms with Crippen molar-refractivity contribution in [3.63, 3.8) is 0 Å². The molecule has 126 valence electrons. The molecule has 0 spiro atoms. The van der Waals surface area contributed by atoms with Gasteiger partial charge in [0.1, 0.15) is 11.9 Å². The van der Waals surface area contributed by atoms with Crippen molar-refractivity contribution >= 4 is 11.9 Å². The van der Waals surface area contributed by atoms with E-state index in [4.69, 9.17) is 0 Å². The zero-order valence-corrected chi connectivity index (χ0v) is 13.3. The molecule has 0 aromatic heterocycles. The maximum absolute atomic E-state index is 13.1. The van der Waals surface area contributed by atoms with Crippen molar-refractivity contribution in [2.75, 3.05) is 0 Å². The number of aliphatic carboxylic acids is 1. The summed E-state index contributed by atoms with van der Waals surface area (Å²) in [6.45, 7) is 3.65. The summed E-state index contributed by atoms with van der Waals surface area (Å²) >= 11 is 0. The molecule has 0 heterocycles. The monoisotopic (exact) mass is 321 g/mol. The van der Waals surface area contributed by atoms with Crippen LogP contribution in [0.1, 0.15) is 44.1 Å². The van der Waals surface area contributed by atoms with E-state index < -0.39 is 23.7 Å². The minimum absolute atomic E-state index is 0.0269. The van der Waals surface area contributed by atoms with Gasteiger partial charge >= 0.3 is 5.97 Å². The molecule has 1 amide bonds. The number of hydrogen-bond acceptors (Lipinski definition) is 2. The summed E-state index contributed by atoms with van der Waals surface area (Å²) in [5, 5.41) is 11.7. The SMILES string of the molecule is C=CCCCCCC[C@@H](NC(=O)Cc1cccc(F)c1)C(=O)O. The molecule has 0 fully saturated rings. The molecule has 0 aliphatic carbocycles. The number of allylic oxidation sites excluding steroid dienone is 1. The number of halogens is 1. The van der Waals surface area contributed by atoms with Crippen LogP contribution >= 0.6 is 0 Å². The minimum atomic E-state index is -1.04. The first kappa shape index (κ1) is 18.9. The Morgan fingerprint density at radius 2 is 2.00 bits per heavy atom. The van der Waals surface area contributed by atoms with Gasteiger partial charge in [-0.1, -0.05) is 37.5 Å². The Kier molecular flexibility index (Phi) is 8.65. The van der Waals surface area contributed by atoms with E-state index in [0.717, 1.165) is 32.1 Å². The standard InChI is InChI=1S/C18H24FNO3/c1-2-3-4-5-6-7-11-16(18(22)23)20-17(21)13-14-9-8-10-15(19)12-14/h2,8-10,12,16H,1,3-7,11,13H2,(H,20,21)(H,22,23)/t16-/m1/s1. The molecule has 5 heteroatoms. The van der Waals surface area contributed by atoms with Gasteiger partial charge in [-0.3, -0.25) is 4.79 Å². The van der Waals surface area contributed by atoms with Gasteiger partial charge in [0, 0.05) is 0 Å². The van der Waals surface area contributed by atoms with Crippen molar-refractivity contribution in [1.29, 1.82) is 0 Å². The van der Waals surface area contributed by atoms with Gasteiger partial charge in [-0.2, -0.15) is 0 Å². The molecule has 1 rings (SSSR count). The summed E-state index contributed by atoms with van der Waals surface area (Å²) in [5.74, 6) is -1.86. The van der Waals surface area contributed by atoms with E-state index >= 15 is 0 Å². The van der Waals surface area contributed by atoms with Gasteiger partial charge < -0.3 is 10.4 Å². The lowest BCUT2D eigenvalue weighted by molar-refractivity contribution is -0.142. The third-order valence-corrected chi connectivity index (χ3v) is 3.54. The summed E-state index contributed by atoms with van der Waals surface area (Å²) < 4.78 is 13.1. The van der Waals surface area contributed by atoms with Crippen molar-refractivity contribution in [1.82, 2.24) is 5.32 Å². The Hall–Kier alpha value is -2.17. The van der Waals surface area contributed by atoms with Crippen LogP contribution in [0.15, 0.2) is 36.9 Å². The second kappa shape index (κ2) is 10.5. The first-order valence-electron chi connectivity index (χ1n) is 7.90. The van der Waals surface area contributed by atoms with Crippen LogP contribution in [-0.2, 0) is 16.0 Å². The zero-order chi connectivity index (χ0) is 17.1. The predicted octanol–water partition coefficient (Wildman–Crippen LogP) is 3.46. The van der Waals surface area contributed by atoms with Crippen LogP contribution < -0.4 is 5.32 Å². The average Bonchev–Trinajstić information content (AvgIpc) is 2.49. The van der Waals surface area contributed by atoms with E-state index in [1.807, 2.05) is 6.08 Å². The fourth-order valence-corrected chi connectivity index (χ4v) is 2.33. The van der Waals surface area contributed by atoms with Gasteiger partial charge in [0.2, 0.25) is 5.91 Å². The molecule has 0 aliphatic heterocycles. The summed E-state index contributed by atoms with van der Waals surface area (Å²) in [4.78, 5) is 23.1. The van der Waals surface area contributed by atoms with E-state index in [0.29, 0.717) is 12.0 Å². The van der Waals surface area contributed by atoms with E-state index in [1.165, 1.54) is 18.2 Å². The molecular formula is C18H24FNO3. The highest BCUT2D eigenvalue weighted by atomic mass is 19.1. The first-order chi connectivity index (χ1) is 11.0. The Bertz CT molecular complexity index is 531. The Balaban J connectivity index is 2.38. The van der Waals surface area contributed by atoms with E-state index in [-0.39, 0.29) is 6.42 Å². The van der Waals surface area contributed by atoms with Crippen LogP contribution in [0.3, 0.4) is 0 Å². The summed E-state index contributed by atoms with van der Waals surface area (Å²) in [6, 6.07) is 4.84. The number of nitrogens with one attached hydrogen (secondary N) is 1. The number of carboxylic acid groups (broad SMARTS) is 1. The Morgan fingerprint density at radius 1 is 1.26 bits per heavy atom. The highest BCUT2D eigenvalue weighted by Gasteiger charge is 2.19. The van der Waals surface area contributed by atoms with E-state index in [1.54, 1.807) is 6.07 Å². The van der Waals surface area contributed by atoms with Crippen molar-refractivity contribution in [2.45, 2.75) is 51.0 Å². The number of carboxylic acids is 1. The lowest BCUT2D eigenvalue weighted by Gasteiger charge is -2.14. The van der Waals surface area contributed by atoms with Crippen LogP contribution in [-0.4, -0.2) is 23.0 Å². The molecule has 0 saturated heterocycles. The van der Waals surface area contributed by atoms with Crippen LogP contribution in [0.25, 0.3) is 0 Å². The lowest BCUT2D eigenvalue weighted by Crippen LogP contribution is -2.41. The molecular weight excluding hydrogens is 297 g/mol. The zero-order valence-electron chi connectivity index (χ0n) is 13.3. The van der Waals surface area contributed by atoms with Crippen LogP contribution in [0.4, 0.5) is 4.39 Å². The highest BCUT2D eigenvalue weighted by Crippen LogP contribution is 2.09. The van der Waals surface area contributed by atoms with Gasteiger partial charge in [0.05, 0.1) is 6.42 Å². The Labute approximate surface area is 136 Å². The number of carbonyl (C=O) groups excluding carboxylic acids is 1. The molecule has 1 aromatic rings. The molecule has 1 aromatic carbocycles. The number of hydrogen-bond donors (Lipinski definition) is 2. The topological polar surface area (TPSA) is 66.4 Å². The maximum atomic E-state index is 13.1. The molecule has 0 saturated carbocycles. The number of unbranched alkanes of at least 4 members (excludes halogenated alkanes) is 4. The largest absolute Gasteiger partial charge is 0.480 e. The molecule has 0 bridgehead atoms. The summed E-state index contributed by atoms with van der Waals surface area (Å²) in [7, 11) is 0. The smallest absolute Gasteiger partial charge is 0.326 e. The van der Waals surface area contributed by atoms with Gasteiger partial charge in [-0.05, 0) is 37.0 Å². The fourth-order valence-electron chi connectivity index (χ4n) is 2.33. The summed E-state index contributed by atoms with van der Waals surface area (Å²) in [5.41, 5.74) is 0.524. The Morgan fingerprint density at radius 3 is 2.65 bits per heavy atom. The van der Waals surface area contributed by atoms with Crippen molar-refractivity contribution in [2.24, 2.45) is 0 Å². The number of benzene rings is 1. The molecule has 0 radical (unpaired) electrons. The molecule has 1 atom stereocenters. The number of amides is 1. The van der Waals surface area contributed by atoms with Gasteiger partial charge in [-0.15, -0.1) is 6.58 Å².